The van der Waals surface area contributed by atoms with Gasteiger partial charge in [-0.05, 0) is 61.4 Å². The average Bonchev–Trinajstić information content (AvgIpc) is 2.86. The van der Waals surface area contributed by atoms with Crippen molar-refractivity contribution in [2.45, 2.75) is 62.2 Å². The Kier molecular flexibility index (Phi) is 6.66. The number of para-hydroxylation sites is 1. The summed E-state index contributed by atoms with van der Waals surface area (Å²) in [7, 11) is 0. The van der Waals surface area contributed by atoms with E-state index in [-0.39, 0.29) is 24.4 Å². The summed E-state index contributed by atoms with van der Waals surface area (Å²) >= 11 is 1.25. The topological polar surface area (TPSA) is 40.6 Å². The van der Waals surface area contributed by atoms with E-state index in [4.69, 9.17) is 0 Å². The number of hydrogen-bond donors (Lipinski definition) is 0. The van der Waals surface area contributed by atoms with Crippen LogP contribution in [0.2, 0.25) is 0 Å². The van der Waals surface area contributed by atoms with Crippen LogP contribution in [-0.2, 0) is 22.3 Å². The molecular weight excluding hydrogens is 473 g/mol. The lowest BCUT2D eigenvalue weighted by Crippen LogP contribution is -2.49. The van der Waals surface area contributed by atoms with Crippen molar-refractivity contribution in [2.24, 2.45) is 5.92 Å². The van der Waals surface area contributed by atoms with Crippen LogP contribution in [0.1, 0.15) is 49.7 Å². The Morgan fingerprint density at radius 2 is 1.80 bits per heavy atom. The molecule has 35 heavy (non-hydrogen) atoms. The van der Waals surface area contributed by atoms with Gasteiger partial charge in [-0.3, -0.25) is 9.59 Å². The Bertz CT molecular complexity index is 1160. The van der Waals surface area contributed by atoms with E-state index >= 15 is 0 Å². The molecule has 2 heterocycles. The first kappa shape index (κ1) is 24.0. The van der Waals surface area contributed by atoms with Gasteiger partial charge in [-0.15, -0.1) is 0 Å². The second-order valence-electron chi connectivity index (χ2n) is 9.45. The molecule has 0 spiro atoms. The second-order valence-corrected chi connectivity index (χ2v) is 10.5. The lowest BCUT2D eigenvalue weighted by Gasteiger charge is -2.43. The Morgan fingerprint density at radius 1 is 1.03 bits per heavy atom. The van der Waals surface area contributed by atoms with E-state index < -0.39 is 11.7 Å². The lowest BCUT2D eigenvalue weighted by molar-refractivity contribution is -0.137. The molecule has 0 bridgehead atoms. The molecule has 0 aromatic heterocycles. The van der Waals surface area contributed by atoms with Gasteiger partial charge in [0.2, 0.25) is 5.91 Å². The standard InChI is InChI=1S/C27H27F3N2O2S/c28-27(29,30)20-10-5-7-18(15-20)17-32-22-12-3-4-13-23(22)35-24(26(32)34)16-25(33)31-14-6-9-19-8-1-2-11-21(19)31/h3-5,7,10,12-13,15-16,19,21H,1-2,6,8-9,11,14,17H2/b24-16+. The van der Waals surface area contributed by atoms with Gasteiger partial charge in [-0.2, -0.15) is 13.2 Å². The van der Waals surface area contributed by atoms with Crippen molar-refractivity contribution in [3.05, 3.63) is 70.6 Å². The number of thioether (sulfide) groups is 1. The summed E-state index contributed by atoms with van der Waals surface area (Å²) in [5.41, 5.74) is 0.261. The first-order chi connectivity index (χ1) is 16.8. The fourth-order valence-corrected chi connectivity index (χ4v) is 6.56. The van der Waals surface area contributed by atoms with Crippen LogP contribution in [0.4, 0.5) is 18.9 Å². The molecule has 3 aliphatic rings. The van der Waals surface area contributed by atoms with Crippen molar-refractivity contribution in [3.8, 4) is 0 Å². The molecule has 0 radical (unpaired) electrons. The third-order valence-electron chi connectivity index (χ3n) is 7.21. The van der Waals surface area contributed by atoms with Gasteiger partial charge in [0.05, 0.1) is 22.7 Å². The molecule has 184 valence electrons. The van der Waals surface area contributed by atoms with Gasteiger partial charge in [0.1, 0.15) is 0 Å². The van der Waals surface area contributed by atoms with Gasteiger partial charge in [0.25, 0.3) is 5.91 Å². The van der Waals surface area contributed by atoms with Gasteiger partial charge in [-0.1, -0.05) is 48.9 Å². The van der Waals surface area contributed by atoms with Crippen LogP contribution in [-0.4, -0.2) is 29.3 Å². The Labute approximate surface area is 207 Å². The number of anilines is 1. The largest absolute Gasteiger partial charge is 0.416 e. The fraction of sp³-hybridized carbons (Fsp3) is 0.407. The molecule has 4 nitrogen and oxygen atoms in total. The van der Waals surface area contributed by atoms with E-state index in [9.17, 15) is 22.8 Å². The van der Waals surface area contributed by atoms with Crippen molar-refractivity contribution >= 4 is 29.3 Å². The number of piperidine rings is 1. The first-order valence-corrected chi connectivity index (χ1v) is 12.9. The summed E-state index contributed by atoms with van der Waals surface area (Å²) in [5, 5.41) is 0. The highest BCUT2D eigenvalue weighted by atomic mass is 32.2. The maximum atomic E-state index is 13.5. The predicted octanol–water partition coefficient (Wildman–Crippen LogP) is 6.41. The zero-order valence-corrected chi connectivity index (χ0v) is 20.1. The van der Waals surface area contributed by atoms with Crippen LogP contribution in [0.5, 0.6) is 0 Å². The van der Waals surface area contributed by atoms with Crippen molar-refractivity contribution in [2.75, 3.05) is 11.4 Å². The molecule has 2 amide bonds. The summed E-state index contributed by atoms with van der Waals surface area (Å²) in [6.45, 7) is 0.688. The molecular formula is C27H27F3N2O2S. The smallest absolute Gasteiger partial charge is 0.336 e. The molecule has 2 aromatic rings. The molecule has 0 N–H and O–H groups in total. The first-order valence-electron chi connectivity index (χ1n) is 12.1. The van der Waals surface area contributed by atoms with Gasteiger partial charge in [-0.25, -0.2) is 0 Å². The monoisotopic (exact) mass is 500 g/mol. The van der Waals surface area contributed by atoms with Gasteiger partial charge in [0, 0.05) is 23.6 Å². The highest BCUT2D eigenvalue weighted by molar-refractivity contribution is 8.04. The maximum absolute atomic E-state index is 13.5. The number of carbonyl (C=O) groups excluding carboxylic acids is 2. The third-order valence-corrected chi connectivity index (χ3v) is 8.29. The van der Waals surface area contributed by atoms with Crippen LogP contribution in [0.15, 0.2) is 64.4 Å². The average molecular weight is 501 g/mol. The van der Waals surface area contributed by atoms with Crippen molar-refractivity contribution < 1.29 is 22.8 Å². The molecule has 1 saturated heterocycles. The van der Waals surface area contributed by atoms with E-state index in [2.05, 4.69) is 0 Å². The minimum Gasteiger partial charge on any atom is -0.336 e. The summed E-state index contributed by atoms with van der Waals surface area (Å²) in [5.74, 6) is 0.0280. The number of hydrogen-bond acceptors (Lipinski definition) is 3. The number of alkyl halides is 3. The Balaban J connectivity index is 1.43. The van der Waals surface area contributed by atoms with Crippen LogP contribution in [0.3, 0.4) is 0 Å². The molecule has 2 aromatic carbocycles. The maximum Gasteiger partial charge on any atom is 0.416 e. The summed E-state index contributed by atoms with van der Waals surface area (Å²) < 4.78 is 39.7. The minimum atomic E-state index is -4.46. The Morgan fingerprint density at radius 3 is 2.63 bits per heavy atom. The van der Waals surface area contributed by atoms with E-state index in [0.29, 0.717) is 28.6 Å². The zero-order valence-electron chi connectivity index (χ0n) is 19.3. The normalized spacial score (nSPS) is 23.7. The number of nitrogens with zero attached hydrogens (tertiary/aromatic N) is 2. The van der Waals surface area contributed by atoms with Gasteiger partial charge < -0.3 is 9.80 Å². The molecule has 1 saturated carbocycles. The van der Waals surface area contributed by atoms with E-state index in [1.54, 1.807) is 18.2 Å². The zero-order chi connectivity index (χ0) is 24.6. The summed E-state index contributed by atoms with van der Waals surface area (Å²) in [4.78, 5) is 31.4. The van der Waals surface area contributed by atoms with Gasteiger partial charge in [0.15, 0.2) is 0 Å². The van der Waals surface area contributed by atoms with Crippen LogP contribution < -0.4 is 4.90 Å². The van der Waals surface area contributed by atoms with Crippen molar-refractivity contribution in [1.29, 1.82) is 0 Å². The van der Waals surface area contributed by atoms with Crippen molar-refractivity contribution in [3.63, 3.8) is 0 Å². The molecule has 2 fully saturated rings. The number of halogens is 3. The van der Waals surface area contributed by atoms with E-state index in [1.807, 2.05) is 17.0 Å². The molecule has 2 atom stereocenters. The number of benzene rings is 2. The van der Waals surface area contributed by atoms with Crippen LogP contribution in [0.25, 0.3) is 0 Å². The summed E-state index contributed by atoms with van der Waals surface area (Å²) in [6.07, 6.45) is 3.59. The van der Waals surface area contributed by atoms with Crippen LogP contribution >= 0.6 is 11.8 Å². The van der Waals surface area contributed by atoms with Crippen molar-refractivity contribution in [1.82, 2.24) is 4.90 Å². The molecule has 8 heteroatoms. The fourth-order valence-electron chi connectivity index (χ4n) is 5.54. The van der Waals surface area contributed by atoms with Gasteiger partial charge >= 0.3 is 6.18 Å². The second kappa shape index (κ2) is 9.72. The Hall–Kier alpha value is -2.74. The van der Waals surface area contributed by atoms with E-state index in [0.717, 1.165) is 49.1 Å². The predicted molar refractivity (Wildman–Crippen MR) is 130 cm³/mol. The highest BCUT2D eigenvalue weighted by Crippen LogP contribution is 2.43. The number of fused-ring (bicyclic) bond motifs is 2. The molecule has 1 aliphatic carbocycles. The minimum absolute atomic E-state index is 0.0136. The number of rotatable bonds is 3. The van der Waals surface area contributed by atoms with Crippen LogP contribution in [0, 0.1) is 5.92 Å². The lowest BCUT2D eigenvalue weighted by atomic mass is 9.78. The summed E-state index contributed by atoms with van der Waals surface area (Å²) in [6, 6.07) is 12.5. The molecule has 5 rings (SSSR count). The quantitative estimate of drug-likeness (QED) is 0.458. The highest BCUT2D eigenvalue weighted by Gasteiger charge is 2.37. The van der Waals surface area contributed by atoms with E-state index in [1.165, 1.54) is 35.2 Å². The number of likely N-dealkylation sites (tertiary alicyclic amines) is 1. The third kappa shape index (κ3) is 4.99. The molecule has 2 unspecified atom stereocenters. The number of carbonyl (C=O) groups is 2. The number of amides is 2. The SMILES string of the molecule is O=C1/C(=C\C(=O)N2CCCC3CCCCC32)Sc2ccccc2N1Cc1cccc(C(F)(F)F)c1. The molecule has 2 aliphatic heterocycles.